The van der Waals surface area contributed by atoms with Crippen LogP contribution in [0.1, 0.15) is 54.8 Å². The van der Waals surface area contributed by atoms with Crippen molar-refractivity contribution in [1.29, 1.82) is 0 Å². The van der Waals surface area contributed by atoms with Gasteiger partial charge in [-0.25, -0.2) is 13.8 Å². The van der Waals surface area contributed by atoms with Gasteiger partial charge in [0.1, 0.15) is 6.04 Å². The summed E-state index contributed by atoms with van der Waals surface area (Å²) < 4.78 is 29.2. The minimum atomic E-state index is -3.76. The molecule has 2 heterocycles. The van der Waals surface area contributed by atoms with E-state index in [1.54, 1.807) is 16.0 Å². The third kappa shape index (κ3) is 4.17. The molecule has 2 fully saturated rings. The van der Waals surface area contributed by atoms with Gasteiger partial charge in [-0.1, -0.05) is 73.0 Å². The third-order valence-electron chi connectivity index (χ3n) is 7.33. The largest absolute Gasteiger partial charge is 0.395 e. The number of nitrogens with two attached hydrogens (primary N) is 1. The Morgan fingerprint density at radius 2 is 1.76 bits per heavy atom. The summed E-state index contributed by atoms with van der Waals surface area (Å²) in [5.41, 5.74) is 8.13. The number of aliphatic hydroxyl groups excluding tert-OH is 1. The Bertz CT molecular complexity index is 1100. The fourth-order valence-electron chi connectivity index (χ4n) is 5.72. The van der Waals surface area contributed by atoms with Gasteiger partial charge in [0.15, 0.2) is 0 Å². The van der Waals surface area contributed by atoms with Gasteiger partial charge in [-0.15, -0.1) is 5.53 Å². The maximum Gasteiger partial charge on any atom is 0.265 e. The molecule has 176 valence electrons. The van der Waals surface area contributed by atoms with Crippen LogP contribution in [-0.4, -0.2) is 41.5 Å². The van der Waals surface area contributed by atoms with Crippen molar-refractivity contribution in [2.75, 3.05) is 6.61 Å². The van der Waals surface area contributed by atoms with Crippen molar-refractivity contribution in [2.24, 2.45) is 5.92 Å². The molecule has 1 saturated carbocycles. The van der Waals surface area contributed by atoms with Gasteiger partial charge in [0.2, 0.25) is 5.03 Å². The van der Waals surface area contributed by atoms with Crippen molar-refractivity contribution >= 4 is 10.0 Å². The first kappa shape index (κ1) is 22.4. The van der Waals surface area contributed by atoms with E-state index in [0.717, 1.165) is 43.2 Å². The SMILES string of the molecule is Cc1ccc(C(c2ccccc2)N2C=C(S(=O)(=O)N3C(CO)CC4CCCCC43)N[NH2+]2)cc1. The zero-order chi connectivity index (χ0) is 23.0. The van der Waals surface area contributed by atoms with Crippen molar-refractivity contribution in [3.63, 3.8) is 0 Å². The second-order valence-corrected chi connectivity index (χ2v) is 11.3. The molecule has 2 aromatic rings. The number of nitrogens with zero attached hydrogens (tertiary/aromatic N) is 2. The zero-order valence-electron chi connectivity index (χ0n) is 19.0. The number of fused-ring (bicyclic) bond motifs is 1. The molecule has 4 atom stereocenters. The van der Waals surface area contributed by atoms with Gasteiger partial charge in [0.25, 0.3) is 10.0 Å². The van der Waals surface area contributed by atoms with Crippen LogP contribution in [0, 0.1) is 12.8 Å². The number of hydrogen-bond donors (Lipinski definition) is 3. The molecule has 0 spiro atoms. The molecule has 0 bridgehead atoms. The molecule has 7 nitrogen and oxygen atoms in total. The van der Waals surface area contributed by atoms with Crippen LogP contribution in [0.2, 0.25) is 0 Å². The van der Waals surface area contributed by atoms with E-state index in [0.29, 0.717) is 5.92 Å². The van der Waals surface area contributed by atoms with Gasteiger partial charge in [-0.3, -0.25) is 0 Å². The fraction of sp³-hybridized carbons (Fsp3) is 0.440. The van der Waals surface area contributed by atoms with Gasteiger partial charge in [0.05, 0.1) is 12.8 Å². The Balaban J connectivity index is 1.48. The molecule has 0 radical (unpaired) electrons. The van der Waals surface area contributed by atoms with Crippen molar-refractivity contribution in [1.82, 2.24) is 14.7 Å². The predicted molar refractivity (Wildman–Crippen MR) is 126 cm³/mol. The number of aliphatic hydroxyl groups is 1. The Kier molecular flexibility index (Phi) is 6.18. The monoisotopic (exact) mass is 469 g/mol. The summed E-state index contributed by atoms with van der Waals surface area (Å²) in [6, 6.07) is 17.9. The normalized spacial score (nSPS) is 26.5. The molecule has 0 aromatic heterocycles. The van der Waals surface area contributed by atoms with Gasteiger partial charge < -0.3 is 5.11 Å². The van der Waals surface area contributed by atoms with E-state index >= 15 is 0 Å². The summed E-state index contributed by atoms with van der Waals surface area (Å²) in [5.74, 6) is 0.345. The van der Waals surface area contributed by atoms with Gasteiger partial charge in [0, 0.05) is 12.1 Å². The van der Waals surface area contributed by atoms with E-state index in [1.165, 1.54) is 5.56 Å². The molecule has 5 rings (SSSR count). The number of hydrogen-bond acceptors (Lipinski definition) is 5. The van der Waals surface area contributed by atoms with E-state index in [1.807, 2.05) is 23.2 Å². The number of quaternary nitrogens is 1. The summed E-state index contributed by atoms with van der Waals surface area (Å²) in [7, 11) is -3.76. The lowest BCUT2D eigenvalue weighted by molar-refractivity contribution is -0.828. The van der Waals surface area contributed by atoms with Crippen molar-refractivity contribution in [3.8, 4) is 0 Å². The average Bonchev–Trinajstić information content (AvgIpc) is 3.47. The standard InChI is InChI=1S/C25H32N4O3S/c1-18-11-13-20(14-12-18)25(19-7-3-2-4-8-19)28-16-24(26-27-28)33(31,32)29-22(17-30)15-21-9-5-6-10-23(21)29/h2-4,7-8,11-14,16,21-23,25-27,30H,5-6,9-10,15,17H2,1H3/p+1. The molecule has 1 aliphatic carbocycles. The lowest BCUT2D eigenvalue weighted by atomic mass is 9.85. The molecule has 0 amide bonds. The molecular weight excluding hydrogens is 436 g/mol. The van der Waals surface area contributed by atoms with Gasteiger partial charge in [-0.05, 0) is 43.2 Å². The lowest BCUT2D eigenvalue weighted by Crippen LogP contribution is -2.97. The van der Waals surface area contributed by atoms with Crippen LogP contribution in [0.5, 0.6) is 0 Å². The summed E-state index contributed by atoms with van der Waals surface area (Å²) in [5, 5.41) is 12.1. The first-order chi connectivity index (χ1) is 16.0. The molecule has 2 aromatic carbocycles. The molecule has 4 unspecified atom stereocenters. The minimum absolute atomic E-state index is 0.0142. The first-order valence-corrected chi connectivity index (χ1v) is 13.3. The molecule has 3 aliphatic rings. The van der Waals surface area contributed by atoms with Gasteiger partial charge >= 0.3 is 0 Å². The lowest BCUT2D eigenvalue weighted by Gasteiger charge is -2.32. The van der Waals surface area contributed by atoms with Crippen LogP contribution in [0.15, 0.2) is 65.8 Å². The first-order valence-electron chi connectivity index (χ1n) is 11.8. The maximum absolute atomic E-state index is 13.8. The summed E-state index contributed by atoms with van der Waals surface area (Å²) >= 11 is 0. The highest BCUT2D eigenvalue weighted by atomic mass is 32.2. The van der Waals surface area contributed by atoms with Crippen LogP contribution in [-0.2, 0) is 10.0 Å². The zero-order valence-corrected chi connectivity index (χ0v) is 19.8. The average molecular weight is 470 g/mol. The van der Waals surface area contributed by atoms with Crippen LogP contribution in [0.25, 0.3) is 0 Å². The summed E-state index contributed by atoms with van der Waals surface area (Å²) in [6.45, 7) is 1.92. The molecule has 1 saturated heterocycles. The highest BCUT2D eigenvalue weighted by molar-refractivity contribution is 7.93. The van der Waals surface area contributed by atoms with Crippen LogP contribution in [0.3, 0.4) is 0 Å². The van der Waals surface area contributed by atoms with Crippen molar-refractivity contribution in [3.05, 3.63) is 82.5 Å². The molecule has 2 aliphatic heterocycles. The summed E-state index contributed by atoms with van der Waals surface area (Å²) in [6.07, 6.45) is 6.55. The maximum atomic E-state index is 13.8. The molecule has 33 heavy (non-hydrogen) atoms. The Hall–Kier alpha value is -2.39. The van der Waals surface area contributed by atoms with Crippen molar-refractivity contribution in [2.45, 2.75) is 57.2 Å². The predicted octanol–water partition coefficient (Wildman–Crippen LogP) is 2.14. The highest BCUT2D eigenvalue weighted by Crippen LogP contribution is 2.42. The smallest absolute Gasteiger partial charge is 0.265 e. The van der Waals surface area contributed by atoms with Crippen molar-refractivity contribution < 1.29 is 19.1 Å². The Morgan fingerprint density at radius 3 is 2.48 bits per heavy atom. The number of aryl methyl sites for hydroxylation is 1. The van der Waals surface area contributed by atoms with E-state index in [9.17, 15) is 13.5 Å². The van der Waals surface area contributed by atoms with Gasteiger partial charge in [-0.2, -0.15) is 9.31 Å². The van der Waals surface area contributed by atoms with E-state index < -0.39 is 10.0 Å². The van der Waals surface area contributed by atoms with Crippen LogP contribution in [0.4, 0.5) is 0 Å². The van der Waals surface area contributed by atoms with Crippen LogP contribution < -0.4 is 11.0 Å². The van der Waals surface area contributed by atoms with Crippen LogP contribution >= 0.6 is 0 Å². The highest BCUT2D eigenvalue weighted by Gasteiger charge is 2.50. The Labute approximate surface area is 196 Å². The molecular formula is C25H33N4O3S+. The number of sulfonamides is 1. The quantitative estimate of drug-likeness (QED) is 0.564. The number of rotatable bonds is 6. The minimum Gasteiger partial charge on any atom is -0.395 e. The topological polar surface area (TPSA) is 89.5 Å². The summed E-state index contributed by atoms with van der Waals surface area (Å²) in [4.78, 5) is 0. The second kappa shape index (κ2) is 9.10. The number of benzene rings is 2. The van der Waals surface area contributed by atoms with E-state index in [2.05, 4.69) is 48.7 Å². The number of nitrogens with one attached hydrogen (secondary N) is 1. The second-order valence-electron chi connectivity index (χ2n) is 9.46. The Morgan fingerprint density at radius 1 is 1.06 bits per heavy atom. The third-order valence-corrected chi connectivity index (χ3v) is 9.23. The molecule has 4 N–H and O–H groups in total. The molecule has 8 heteroatoms. The van der Waals surface area contributed by atoms with E-state index in [-0.39, 0.29) is 29.8 Å². The fourth-order valence-corrected chi connectivity index (χ4v) is 7.59. The van der Waals surface area contributed by atoms with E-state index in [4.69, 9.17) is 0 Å².